The van der Waals surface area contributed by atoms with E-state index in [2.05, 4.69) is 28.5 Å². The largest absolute Gasteiger partial charge is 0.475 e. The standard InChI is InChI=1S/C28H34N4O5S.ClH/c1-18(2)14-22-17-37-25-16-24(26-19(3)8-5-9-20(26)4)29-28(30-25)31-38(35,36)23-11-6-10-21(15-23)27(34)32(22)12-7-13-33;/h5-6,8-11,15-16,18,22,33H,7,12-14,17H2,1-4H3,(H,29,30,31);1H/t22-;/m1./s1. The quantitative estimate of drug-likeness (QED) is 0.441. The number of benzene rings is 2. The molecule has 1 aliphatic heterocycles. The summed E-state index contributed by atoms with van der Waals surface area (Å²) >= 11 is 0. The van der Waals surface area contributed by atoms with Gasteiger partial charge in [-0.1, -0.05) is 38.1 Å². The molecule has 0 unspecified atom stereocenters. The number of sulfonamides is 1. The van der Waals surface area contributed by atoms with E-state index in [4.69, 9.17) is 4.74 Å². The predicted molar refractivity (Wildman–Crippen MR) is 153 cm³/mol. The molecule has 11 heteroatoms. The van der Waals surface area contributed by atoms with Gasteiger partial charge in [0.1, 0.15) is 6.61 Å². The number of aliphatic hydroxyl groups excluding tert-OH is 1. The molecule has 0 saturated heterocycles. The summed E-state index contributed by atoms with van der Waals surface area (Å²) in [5.41, 5.74) is 3.59. The molecular formula is C28H35ClN4O5S. The van der Waals surface area contributed by atoms with Gasteiger partial charge in [0.25, 0.3) is 15.9 Å². The van der Waals surface area contributed by atoms with Crippen LogP contribution in [0.2, 0.25) is 0 Å². The first-order valence-electron chi connectivity index (χ1n) is 12.7. The molecule has 2 aromatic carbocycles. The minimum Gasteiger partial charge on any atom is -0.475 e. The molecule has 4 rings (SSSR count). The van der Waals surface area contributed by atoms with E-state index in [9.17, 15) is 18.3 Å². The van der Waals surface area contributed by atoms with E-state index in [1.54, 1.807) is 23.1 Å². The summed E-state index contributed by atoms with van der Waals surface area (Å²) in [7, 11) is -4.11. The fourth-order valence-corrected chi connectivity index (χ4v) is 5.72. The third-order valence-corrected chi connectivity index (χ3v) is 7.81. The third-order valence-electron chi connectivity index (χ3n) is 6.48. The summed E-state index contributed by atoms with van der Waals surface area (Å²) in [6.45, 7) is 8.42. The van der Waals surface area contributed by atoms with Crippen LogP contribution < -0.4 is 9.46 Å². The van der Waals surface area contributed by atoms with Crippen molar-refractivity contribution < 1.29 is 23.1 Å². The highest BCUT2D eigenvalue weighted by Gasteiger charge is 2.28. The Morgan fingerprint density at radius 2 is 1.79 bits per heavy atom. The Kier molecular flexibility index (Phi) is 9.93. The number of halogens is 1. The minimum absolute atomic E-state index is 0. The van der Waals surface area contributed by atoms with Crippen LogP contribution in [0.15, 0.2) is 53.4 Å². The Morgan fingerprint density at radius 1 is 1.10 bits per heavy atom. The van der Waals surface area contributed by atoms with Gasteiger partial charge >= 0.3 is 0 Å². The molecule has 0 saturated carbocycles. The number of carbonyl (C=O) groups is 1. The second-order valence-corrected chi connectivity index (χ2v) is 11.7. The van der Waals surface area contributed by atoms with Gasteiger partial charge in [-0.3, -0.25) is 4.79 Å². The van der Waals surface area contributed by atoms with Gasteiger partial charge in [-0.15, -0.1) is 12.4 Å². The SMILES string of the molecule is Cc1cccc(C)c1-c1cc2nc(n1)NS(=O)(=O)c1cccc(c1)C(=O)N(CCCO)[C@H](CC(C)C)CO2.Cl. The minimum atomic E-state index is -4.11. The van der Waals surface area contributed by atoms with Crippen LogP contribution in [0.1, 0.15) is 48.2 Å². The lowest BCUT2D eigenvalue weighted by Gasteiger charge is -2.33. The van der Waals surface area contributed by atoms with Crippen LogP contribution in [0, 0.1) is 19.8 Å². The van der Waals surface area contributed by atoms with Crippen molar-refractivity contribution in [2.45, 2.75) is 51.5 Å². The van der Waals surface area contributed by atoms with Crippen molar-refractivity contribution in [2.75, 3.05) is 24.5 Å². The summed E-state index contributed by atoms with van der Waals surface area (Å²) in [4.78, 5) is 24.2. The number of aromatic nitrogens is 2. The zero-order chi connectivity index (χ0) is 27.4. The van der Waals surface area contributed by atoms with Crippen LogP contribution in [0.5, 0.6) is 5.88 Å². The van der Waals surface area contributed by atoms with Gasteiger partial charge in [-0.05, 0) is 61.9 Å². The molecule has 2 N–H and O–H groups in total. The summed E-state index contributed by atoms with van der Waals surface area (Å²) in [5.74, 6) is 0.0135. The molecule has 1 amide bonds. The van der Waals surface area contributed by atoms with E-state index in [0.29, 0.717) is 25.1 Å². The number of hydrogen-bond acceptors (Lipinski definition) is 7. The first-order valence-corrected chi connectivity index (χ1v) is 14.2. The number of nitrogens with zero attached hydrogens (tertiary/aromatic N) is 3. The summed E-state index contributed by atoms with van der Waals surface area (Å²) < 4.78 is 35.3. The van der Waals surface area contributed by atoms with Gasteiger partial charge in [0, 0.05) is 30.3 Å². The third kappa shape index (κ3) is 7.06. The van der Waals surface area contributed by atoms with E-state index >= 15 is 0 Å². The number of anilines is 1. The maximum absolute atomic E-state index is 13.7. The van der Waals surface area contributed by atoms with Crippen LogP contribution in [-0.2, 0) is 10.0 Å². The van der Waals surface area contributed by atoms with Crippen molar-refractivity contribution in [3.05, 3.63) is 65.2 Å². The van der Waals surface area contributed by atoms with E-state index in [1.807, 2.05) is 32.0 Å². The van der Waals surface area contributed by atoms with Gasteiger partial charge in [0.15, 0.2) is 0 Å². The molecule has 0 spiro atoms. The van der Waals surface area contributed by atoms with Crippen molar-refractivity contribution in [3.8, 4) is 17.1 Å². The zero-order valence-corrected chi connectivity index (χ0v) is 24.2. The number of aliphatic hydroxyl groups is 1. The maximum atomic E-state index is 13.7. The van der Waals surface area contributed by atoms with E-state index in [0.717, 1.165) is 16.7 Å². The number of fused-ring (bicyclic) bond motifs is 4. The van der Waals surface area contributed by atoms with Crippen LogP contribution in [0.25, 0.3) is 11.3 Å². The highest BCUT2D eigenvalue weighted by atomic mass is 35.5. The molecule has 9 nitrogen and oxygen atoms in total. The lowest BCUT2D eigenvalue weighted by atomic mass is 10.00. The predicted octanol–water partition coefficient (Wildman–Crippen LogP) is 4.61. The number of hydrogen-bond donors (Lipinski definition) is 2. The van der Waals surface area contributed by atoms with Crippen molar-refractivity contribution >= 4 is 34.3 Å². The van der Waals surface area contributed by atoms with Crippen molar-refractivity contribution in [1.29, 1.82) is 0 Å². The van der Waals surface area contributed by atoms with E-state index in [1.165, 1.54) is 12.1 Å². The molecule has 0 radical (unpaired) electrons. The van der Waals surface area contributed by atoms with Crippen molar-refractivity contribution in [1.82, 2.24) is 14.9 Å². The number of nitrogens with one attached hydrogen (secondary N) is 1. The number of rotatable bonds is 6. The van der Waals surface area contributed by atoms with Crippen molar-refractivity contribution in [2.24, 2.45) is 5.92 Å². The lowest BCUT2D eigenvalue weighted by Crippen LogP contribution is -2.45. The van der Waals surface area contributed by atoms with Crippen molar-refractivity contribution in [3.63, 3.8) is 0 Å². The molecule has 2 heterocycles. The summed E-state index contributed by atoms with van der Waals surface area (Å²) in [6.07, 6.45) is 1.03. The molecule has 0 fully saturated rings. The topological polar surface area (TPSA) is 122 Å². The molecule has 1 aromatic heterocycles. The Bertz CT molecular complexity index is 1410. The highest BCUT2D eigenvalue weighted by Crippen LogP contribution is 2.30. The Hall–Kier alpha value is -3.21. The van der Waals surface area contributed by atoms with Gasteiger partial charge in [-0.25, -0.2) is 18.1 Å². The van der Waals surface area contributed by atoms with E-state index in [-0.39, 0.29) is 65.8 Å². The highest BCUT2D eigenvalue weighted by molar-refractivity contribution is 7.92. The first-order chi connectivity index (χ1) is 18.1. The van der Waals surface area contributed by atoms with Gasteiger partial charge in [-0.2, -0.15) is 4.98 Å². The molecule has 39 heavy (non-hydrogen) atoms. The van der Waals surface area contributed by atoms with Gasteiger partial charge in [0.2, 0.25) is 11.8 Å². The van der Waals surface area contributed by atoms with Gasteiger partial charge in [0.05, 0.1) is 16.6 Å². The lowest BCUT2D eigenvalue weighted by molar-refractivity contribution is 0.0558. The van der Waals surface area contributed by atoms with Crippen LogP contribution in [0.4, 0.5) is 5.95 Å². The van der Waals surface area contributed by atoms with Crippen LogP contribution >= 0.6 is 12.4 Å². The molecule has 0 aliphatic carbocycles. The van der Waals surface area contributed by atoms with Gasteiger partial charge < -0.3 is 14.7 Å². The number of carbonyl (C=O) groups excluding carboxylic acids is 1. The molecule has 4 bridgehead atoms. The number of amides is 1. The van der Waals surface area contributed by atoms with Crippen LogP contribution in [-0.4, -0.2) is 60.1 Å². The summed E-state index contributed by atoms with van der Waals surface area (Å²) in [6, 6.07) is 13.2. The Balaban J connectivity index is 0.00000420. The smallest absolute Gasteiger partial charge is 0.264 e. The fraction of sp³-hybridized carbons (Fsp3) is 0.393. The summed E-state index contributed by atoms with van der Waals surface area (Å²) in [5, 5.41) is 9.51. The van der Waals surface area contributed by atoms with E-state index < -0.39 is 10.0 Å². The first kappa shape index (κ1) is 30.3. The number of aryl methyl sites for hydroxylation is 2. The zero-order valence-electron chi connectivity index (χ0n) is 22.5. The molecule has 3 aromatic rings. The second kappa shape index (κ2) is 12.8. The van der Waals surface area contributed by atoms with Crippen LogP contribution in [0.3, 0.4) is 0 Å². The average Bonchev–Trinajstić information content (AvgIpc) is 2.86. The Labute approximate surface area is 236 Å². The normalized spacial score (nSPS) is 16.7. The fourth-order valence-electron chi connectivity index (χ4n) is 4.73. The Morgan fingerprint density at radius 3 is 2.46 bits per heavy atom. The average molecular weight is 575 g/mol. The maximum Gasteiger partial charge on any atom is 0.264 e. The monoisotopic (exact) mass is 574 g/mol. The molecule has 1 atom stereocenters. The molecule has 210 valence electrons. The number of ether oxygens (including phenoxy) is 1. The molecular weight excluding hydrogens is 540 g/mol. The second-order valence-electron chi connectivity index (χ2n) is 9.99. The molecule has 1 aliphatic rings.